The monoisotopic (exact) mass is 450 g/mol. The topological polar surface area (TPSA) is 56.5 Å². The Hall–Kier alpha value is -3.10. The summed E-state index contributed by atoms with van der Waals surface area (Å²) in [5, 5.41) is 1.92. The Bertz CT molecular complexity index is 1290. The largest absolute Gasteiger partial charge is 0.450 e. The molecule has 4 nitrogen and oxygen atoms in total. The van der Waals surface area contributed by atoms with Gasteiger partial charge in [0.15, 0.2) is 0 Å². The van der Waals surface area contributed by atoms with Crippen molar-refractivity contribution in [2.75, 3.05) is 0 Å². The van der Waals surface area contributed by atoms with E-state index in [-0.39, 0.29) is 22.3 Å². The van der Waals surface area contributed by atoms with Gasteiger partial charge in [0.1, 0.15) is 16.2 Å². The molecule has 0 radical (unpaired) electrons. The van der Waals surface area contributed by atoms with Crippen molar-refractivity contribution in [3.05, 3.63) is 85.9 Å². The van der Waals surface area contributed by atoms with E-state index in [0.29, 0.717) is 9.90 Å². The minimum absolute atomic E-state index is 0.0237. The van der Waals surface area contributed by atoms with E-state index in [9.17, 15) is 22.8 Å². The number of alkyl halides is 3. The Balaban J connectivity index is 1.86. The number of benzene rings is 2. The highest BCUT2D eigenvalue weighted by molar-refractivity contribution is 7.12. The molecule has 0 bridgehead atoms. The van der Waals surface area contributed by atoms with E-state index in [1.807, 2.05) is 0 Å². The number of esters is 1. The van der Waals surface area contributed by atoms with Crippen LogP contribution in [0.15, 0.2) is 69.2 Å². The summed E-state index contributed by atoms with van der Waals surface area (Å²) in [7, 11) is 0. The second kappa shape index (κ2) is 7.62. The molecule has 0 N–H and O–H groups in total. The fraction of sp³-hybridized carbons (Fsp3) is 0.0476. The Morgan fingerprint density at radius 1 is 1.07 bits per heavy atom. The first kappa shape index (κ1) is 20.2. The van der Waals surface area contributed by atoms with E-state index in [1.54, 1.807) is 17.5 Å². The number of ether oxygens (including phenoxy) is 1. The minimum atomic E-state index is -4.92. The van der Waals surface area contributed by atoms with Gasteiger partial charge in [-0.3, -0.25) is 4.79 Å². The summed E-state index contributed by atoms with van der Waals surface area (Å²) in [5.41, 5.74) is -1.80. The van der Waals surface area contributed by atoms with Crippen molar-refractivity contribution >= 4 is 39.9 Å². The number of hydrogen-bond donors (Lipinski definition) is 0. The van der Waals surface area contributed by atoms with Crippen LogP contribution < -0.4 is 10.2 Å². The number of rotatable bonds is 3. The predicted molar refractivity (Wildman–Crippen MR) is 107 cm³/mol. The first-order valence-electron chi connectivity index (χ1n) is 8.44. The zero-order chi connectivity index (χ0) is 21.5. The Labute approximate surface area is 176 Å². The highest BCUT2D eigenvalue weighted by Gasteiger charge is 2.39. The number of carbonyl (C=O) groups excluding carboxylic acids is 1. The van der Waals surface area contributed by atoms with Gasteiger partial charge in [-0.1, -0.05) is 29.8 Å². The summed E-state index contributed by atoms with van der Waals surface area (Å²) in [4.78, 5) is 25.3. The normalized spacial score (nSPS) is 11.6. The zero-order valence-corrected chi connectivity index (χ0v) is 16.4. The summed E-state index contributed by atoms with van der Waals surface area (Å²) in [5.74, 6) is -2.15. The molecule has 0 fully saturated rings. The van der Waals surface area contributed by atoms with Gasteiger partial charge in [-0.2, -0.15) is 13.2 Å². The zero-order valence-electron chi connectivity index (χ0n) is 14.8. The first-order valence-corrected chi connectivity index (χ1v) is 9.69. The van der Waals surface area contributed by atoms with Crippen LogP contribution in [0.5, 0.6) is 5.75 Å². The molecule has 0 spiro atoms. The summed E-state index contributed by atoms with van der Waals surface area (Å²) in [6, 6.07) is 12.3. The number of halogens is 4. The Morgan fingerprint density at radius 2 is 1.80 bits per heavy atom. The molecular weight excluding hydrogens is 441 g/mol. The summed E-state index contributed by atoms with van der Waals surface area (Å²) in [6.07, 6.45) is -4.92. The quantitative estimate of drug-likeness (QED) is 0.267. The second-order valence-electron chi connectivity index (χ2n) is 6.16. The molecule has 152 valence electrons. The number of thiophene rings is 1. The molecule has 0 aliphatic carbocycles. The third-order valence-corrected chi connectivity index (χ3v) is 5.29. The van der Waals surface area contributed by atoms with Gasteiger partial charge in [-0.05, 0) is 41.3 Å². The van der Waals surface area contributed by atoms with Gasteiger partial charge in [-0.25, -0.2) is 4.79 Å². The number of carbonyl (C=O) groups is 1. The van der Waals surface area contributed by atoms with Crippen LogP contribution in [0.1, 0.15) is 15.4 Å². The minimum Gasteiger partial charge on any atom is -0.450 e. The van der Waals surface area contributed by atoms with Gasteiger partial charge >= 0.3 is 12.1 Å². The van der Waals surface area contributed by atoms with Crippen molar-refractivity contribution in [3.63, 3.8) is 0 Å². The van der Waals surface area contributed by atoms with Crippen LogP contribution in [0.3, 0.4) is 0 Å². The van der Waals surface area contributed by atoms with E-state index >= 15 is 0 Å². The molecule has 9 heteroatoms. The Morgan fingerprint density at radius 3 is 2.43 bits per heavy atom. The number of hydrogen-bond acceptors (Lipinski definition) is 5. The van der Waals surface area contributed by atoms with Crippen molar-refractivity contribution in [1.29, 1.82) is 0 Å². The smallest absolute Gasteiger partial charge is 0.450 e. The average Bonchev–Trinajstić information content (AvgIpc) is 3.23. The van der Waals surface area contributed by atoms with Crippen LogP contribution >= 0.6 is 22.9 Å². The van der Waals surface area contributed by atoms with Gasteiger partial charge in [0, 0.05) is 11.1 Å². The highest BCUT2D eigenvalue weighted by Crippen LogP contribution is 2.38. The molecule has 30 heavy (non-hydrogen) atoms. The average molecular weight is 451 g/mol. The molecule has 2 aromatic heterocycles. The van der Waals surface area contributed by atoms with Gasteiger partial charge in [0.05, 0.1) is 10.9 Å². The molecule has 0 aliphatic heterocycles. The van der Waals surface area contributed by atoms with Crippen LogP contribution in [-0.2, 0) is 6.18 Å². The lowest BCUT2D eigenvalue weighted by molar-refractivity contribution is -0.152. The van der Waals surface area contributed by atoms with Gasteiger partial charge in [0.2, 0.25) is 11.2 Å². The first-order chi connectivity index (χ1) is 14.2. The third-order valence-electron chi connectivity index (χ3n) is 4.19. The van der Waals surface area contributed by atoms with Crippen LogP contribution in [0, 0.1) is 0 Å². The Kier molecular flexibility index (Phi) is 5.13. The van der Waals surface area contributed by atoms with Crippen LogP contribution in [0.25, 0.3) is 22.1 Å². The predicted octanol–water partition coefficient (Wildman–Crippen LogP) is 6.41. The molecule has 0 amide bonds. The van der Waals surface area contributed by atoms with E-state index in [1.165, 1.54) is 36.4 Å². The van der Waals surface area contributed by atoms with Crippen molar-refractivity contribution in [1.82, 2.24) is 0 Å². The van der Waals surface area contributed by atoms with Gasteiger partial charge < -0.3 is 9.15 Å². The molecular formula is C21H10ClF3O4S. The van der Waals surface area contributed by atoms with Gasteiger partial charge in [0.25, 0.3) is 0 Å². The maximum absolute atomic E-state index is 13.7. The fourth-order valence-corrected chi connectivity index (χ4v) is 3.59. The molecule has 0 unspecified atom stereocenters. The standard InChI is InChI=1S/C21H10ClF3O4S/c22-12-5-3-11(4-6-12)17-18(26)14-8-7-13(28-20(27)16-2-1-9-30-16)10-15(14)29-19(17)21(23,24)25/h1-10H. The van der Waals surface area contributed by atoms with Crippen molar-refractivity contribution < 1.29 is 27.1 Å². The highest BCUT2D eigenvalue weighted by atomic mass is 35.5. The van der Waals surface area contributed by atoms with Gasteiger partial charge in [-0.15, -0.1) is 11.3 Å². The van der Waals surface area contributed by atoms with Crippen LogP contribution in [0.4, 0.5) is 13.2 Å². The molecule has 0 saturated heterocycles. The fourth-order valence-electron chi connectivity index (χ4n) is 2.87. The van der Waals surface area contributed by atoms with E-state index in [0.717, 1.165) is 17.4 Å². The molecule has 4 rings (SSSR count). The molecule has 4 aromatic rings. The third kappa shape index (κ3) is 3.83. The van der Waals surface area contributed by atoms with Crippen LogP contribution in [0.2, 0.25) is 5.02 Å². The van der Waals surface area contributed by atoms with Crippen LogP contribution in [-0.4, -0.2) is 5.97 Å². The lowest BCUT2D eigenvalue weighted by atomic mass is 10.0. The summed E-state index contributed by atoms with van der Waals surface area (Å²) < 4.78 is 51.3. The maximum atomic E-state index is 13.7. The van der Waals surface area contributed by atoms with E-state index in [2.05, 4.69) is 0 Å². The SMILES string of the molecule is O=C(Oc1ccc2c(=O)c(-c3ccc(Cl)cc3)c(C(F)(F)F)oc2c1)c1cccs1. The van der Waals surface area contributed by atoms with Crippen molar-refractivity contribution in [2.45, 2.75) is 6.18 Å². The van der Waals surface area contributed by atoms with E-state index in [4.69, 9.17) is 20.8 Å². The molecule has 0 saturated carbocycles. The van der Waals surface area contributed by atoms with E-state index < -0.39 is 28.9 Å². The lowest BCUT2D eigenvalue weighted by Gasteiger charge is -2.13. The molecule has 2 aromatic carbocycles. The second-order valence-corrected chi connectivity index (χ2v) is 7.55. The number of fused-ring (bicyclic) bond motifs is 1. The lowest BCUT2D eigenvalue weighted by Crippen LogP contribution is -2.16. The molecule has 2 heterocycles. The molecule has 0 aliphatic rings. The van der Waals surface area contributed by atoms with Crippen molar-refractivity contribution in [3.8, 4) is 16.9 Å². The maximum Gasteiger partial charge on any atom is 0.450 e. The molecule has 0 atom stereocenters. The summed E-state index contributed by atoms with van der Waals surface area (Å²) in [6.45, 7) is 0. The van der Waals surface area contributed by atoms with Crippen molar-refractivity contribution in [2.24, 2.45) is 0 Å². The summed E-state index contributed by atoms with van der Waals surface area (Å²) >= 11 is 6.95.